The Hall–Kier alpha value is -2.93. The summed E-state index contributed by atoms with van der Waals surface area (Å²) in [5.41, 5.74) is 0.249. The van der Waals surface area contributed by atoms with E-state index in [2.05, 4.69) is 5.32 Å². The molecule has 0 aromatic heterocycles. The Bertz CT molecular complexity index is 791. The lowest BCUT2D eigenvalue weighted by Crippen LogP contribution is -2.10. The molecular formula is C15H11ClN2O5. The zero-order valence-corrected chi connectivity index (χ0v) is 12.7. The molecule has 8 heteroatoms. The van der Waals surface area contributed by atoms with Gasteiger partial charge in [-0.25, -0.2) is 4.79 Å². The number of nitro groups is 1. The van der Waals surface area contributed by atoms with Crippen molar-refractivity contribution in [3.05, 3.63) is 63.2 Å². The van der Waals surface area contributed by atoms with Gasteiger partial charge in [0.05, 0.1) is 15.5 Å². The predicted octanol–water partition coefficient (Wildman–Crippen LogP) is 3.43. The molecule has 2 rings (SSSR count). The monoisotopic (exact) mass is 334 g/mol. The third-order valence-electron chi connectivity index (χ3n) is 2.75. The van der Waals surface area contributed by atoms with Gasteiger partial charge in [0.1, 0.15) is 5.75 Å². The number of nitro benzene ring substituents is 1. The van der Waals surface area contributed by atoms with E-state index >= 15 is 0 Å². The molecule has 0 spiro atoms. The fourth-order valence-corrected chi connectivity index (χ4v) is 2.04. The topological polar surface area (TPSA) is 98.5 Å². The van der Waals surface area contributed by atoms with Gasteiger partial charge in [0.2, 0.25) is 5.91 Å². The molecule has 0 atom stereocenters. The van der Waals surface area contributed by atoms with Crippen LogP contribution >= 0.6 is 11.6 Å². The number of rotatable bonds is 4. The summed E-state index contributed by atoms with van der Waals surface area (Å²) in [6.07, 6.45) is 0. The van der Waals surface area contributed by atoms with Gasteiger partial charge in [-0.15, -0.1) is 0 Å². The van der Waals surface area contributed by atoms with E-state index < -0.39 is 10.9 Å². The molecule has 0 radical (unpaired) electrons. The standard InChI is InChI=1S/C15H11ClN2O5/c1-9(19)17-10-3-2-4-12(7-10)23-15(20)13-6-5-11(18(21)22)8-14(13)16/h2-8H,1H3,(H,17,19). The van der Waals surface area contributed by atoms with Crippen LogP contribution in [0.5, 0.6) is 5.75 Å². The van der Waals surface area contributed by atoms with Crippen LogP contribution in [-0.4, -0.2) is 16.8 Å². The quantitative estimate of drug-likeness (QED) is 0.400. The summed E-state index contributed by atoms with van der Waals surface area (Å²) in [4.78, 5) is 33.1. The summed E-state index contributed by atoms with van der Waals surface area (Å²) in [6, 6.07) is 9.70. The SMILES string of the molecule is CC(=O)Nc1cccc(OC(=O)c2ccc([N+](=O)[O-])cc2Cl)c1. The molecule has 0 aliphatic rings. The number of amides is 1. The van der Waals surface area contributed by atoms with E-state index in [4.69, 9.17) is 16.3 Å². The number of benzene rings is 2. The van der Waals surface area contributed by atoms with Crippen molar-refractivity contribution in [3.8, 4) is 5.75 Å². The number of nitrogens with zero attached hydrogens (tertiary/aromatic N) is 1. The number of carbonyl (C=O) groups is 2. The minimum absolute atomic E-state index is 0.00203. The highest BCUT2D eigenvalue weighted by atomic mass is 35.5. The minimum atomic E-state index is -0.759. The number of carbonyl (C=O) groups excluding carboxylic acids is 2. The maximum absolute atomic E-state index is 12.1. The number of anilines is 1. The zero-order chi connectivity index (χ0) is 17.0. The van der Waals surface area contributed by atoms with E-state index in [9.17, 15) is 19.7 Å². The number of nitrogens with one attached hydrogen (secondary N) is 1. The van der Waals surface area contributed by atoms with Crippen molar-refractivity contribution in [1.82, 2.24) is 0 Å². The van der Waals surface area contributed by atoms with E-state index in [1.54, 1.807) is 12.1 Å². The van der Waals surface area contributed by atoms with Gasteiger partial charge < -0.3 is 10.1 Å². The average molecular weight is 335 g/mol. The number of non-ortho nitro benzene ring substituents is 1. The normalized spacial score (nSPS) is 10.0. The summed E-state index contributed by atoms with van der Waals surface area (Å²) in [5.74, 6) is -0.813. The summed E-state index contributed by atoms with van der Waals surface area (Å²) in [6.45, 7) is 1.36. The van der Waals surface area contributed by atoms with Crippen molar-refractivity contribution in [2.24, 2.45) is 0 Å². The summed E-state index contributed by atoms with van der Waals surface area (Å²) >= 11 is 5.87. The molecule has 0 aliphatic heterocycles. The van der Waals surface area contributed by atoms with E-state index in [0.717, 1.165) is 12.1 Å². The Balaban J connectivity index is 2.19. The maximum Gasteiger partial charge on any atom is 0.345 e. The molecule has 0 saturated carbocycles. The highest BCUT2D eigenvalue weighted by molar-refractivity contribution is 6.33. The second-order valence-corrected chi connectivity index (χ2v) is 4.93. The molecule has 0 unspecified atom stereocenters. The smallest absolute Gasteiger partial charge is 0.345 e. The number of hydrogen-bond acceptors (Lipinski definition) is 5. The summed E-state index contributed by atoms with van der Waals surface area (Å²) in [5, 5.41) is 13.1. The van der Waals surface area contributed by atoms with Crippen molar-refractivity contribution >= 4 is 34.9 Å². The van der Waals surface area contributed by atoms with Crippen molar-refractivity contribution in [2.75, 3.05) is 5.32 Å². The molecule has 2 aromatic rings. The number of ether oxygens (including phenoxy) is 1. The Morgan fingerprint density at radius 1 is 1.22 bits per heavy atom. The molecule has 0 saturated heterocycles. The molecule has 0 fully saturated rings. The molecule has 7 nitrogen and oxygen atoms in total. The van der Waals surface area contributed by atoms with Crippen molar-refractivity contribution < 1.29 is 19.2 Å². The number of halogens is 1. The molecule has 23 heavy (non-hydrogen) atoms. The van der Waals surface area contributed by atoms with Gasteiger partial charge >= 0.3 is 5.97 Å². The first-order valence-electron chi connectivity index (χ1n) is 6.40. The van der Waals surface area contributed by atoms with E-state index in [0.29, 0.717) is 5.69 Å². The molecular weight excluding hydrogens is 324 g/mol. The van der Waals surface area contributed by atoms with Crippen LogP contribution in [-0.2, 0) is 4.79 Å². The van der Waals surface area contributed by atoms with Crippen LogP contribution in [0.4, 0.5) is 11.4 Å². The lowest BCUT2D eigenvalue weighted by Gasteiger charge is -2.08. The largest absolute Gasteiger partial charge is 0.423 e. The molecule has 0 heterocycles. The lowest BCUT2D eigenvalue weighted by atomic mass is 10.2. The van der Waals surface area contributed by atoms with Gasteiger partial charge in [-0.1, -0.05) is 17.7 Å². The van der Waals surface area contributed by atoms with Crippen LogP contribution in [0.2, 0.25) is 5.02 Å². The highest BCUT2D eigenvalue weighted by Crippen LogP contribution is 2.25. The Morgan fingerprint density at radius 2 is 1.96 bits per heavy atom. The van der Waals surface area contributed by atoms with Gasteiger partial charge in [-0.05, 0) is 18.2 Å². The third-order valence-corrected chi connectivity index (χ3v) is 3.06. The first-order chi connectivity index (χ1) is 10.9. The van der Waals surface area contributed by atoms with Crippen LogP contribution in [0, 0.1) is 10.1 Å². The summed E-state index contributed by atoms with van der Waals surface area (Å²) in [7, 11) is 0. The van der Waals surface area contributed by atoms with E-state index in [1.807, 2.05) is 0 Å². The molecule has 118 valence electrons. The number of hydrogen-bond donors (Lipinski definition) is 1. The molecule has 0 aliphatic carbocycles. The van der Waals surface area contributed by atoms with E-state index in [-0.39, 0.29) is 27.9 Å². The molecule has 2 aromatic carbocycles. The Labute approximate surface area is 136 Å². The minimum Gasteiger partial charge on any atom is -0.423 e. The maximum atomic E-state index is 12.1. The highest BCUT2D eigenvalue weighted by Gasteiger charge is 2.17. The zero-order valence-electron chi connectivity index (χ0n) is 11.9. The van der Waals surface area contributed by atoms with Crippen LogP contribution < -0.4 is 10.1 Å². The first-order valence-corrected chi connectivity index (χ1v) is 6.78. The number of esters is 1. The lowest BCUT2D eigenvalue weighted by molar-refractivity contribution is -0.384. The molecule has 1 amide bonds. The average Bonchev–Trinajstić information content (AvgIpc) is 2.46. The second-order valence-electron chi connectivity index (χ2n) is 4.52. The third kappa shape index (κ3) is 4.27. The van der Waals surface area contributed by atoms with Crippen LogP contribution in [0.1, 0.15) is 17.3 Å². The molecule has 0 bridgehead atoms. The van der Waals surface area contributed by atoms with Gasteiger partial charge in [0, 0.05) is 30.8 Å². The Kier molecular flexibility index (Phi) is 4.92. The van der Waals surface area contributed by atoms with Crippen LogP contribution in [0.15, 0.2) is 42.5 Å². The van der Waals surface area contributed by atoms with Crippen LogP contribution in [0.25, 0.3) is 0 Å². The summed E-state index contributed by atoms with van der Waals surface area (Å²) < 4.78 is 5.16. The van der Waals surface area contributed by atoms with Gasteiger partial charge in [-0.2, -0.15) is 0 Å². The van der Waals surface area contributed by atoms with Crippen molar-refractivity contribution in [1.29, 1.82) is 0 Å². The van der Waals surface area contributed by atoms with E-state index in [1.165, 1.54) is 25.1 Å². The van der Waals surface area contributed by atoms with Gasteiger partial charge in [0.25, 0.3) is 5.69 Å². The van der Waals surface area contributed by atoms with Crippen molar-refractivity contribution in [3.63, 3.8) is 0 Å². The second kappa shape index (κ2) is 6.89. The molecule has 1 N–H and O–H groups in total. The van der Waals surface area contributed by atoms with Crippen LogP contribution in [0.3, 0.4) is 0 Å². The predicted molar refractivity (Wildman–Crippen MR) is 83.8 cm³/mol. The fraction of sp³-hybridized carbons (Fsp3) is 0.0667. The first kappa shape index (κ1) is 16.4. The van der Waals surface area contributed by atoms with Gasteiger partial charge in [0.15, 0.2) is 0 Å². The fourth-order valence-electron chi connectivity index (χ4n) is 1.79. The Morgan fingerprint density at radius 3 is 2.57 bits per heavy atom. The van der Waals surface area contributed by atoms with Gasteiger partial charge in [-0.3, -0.25) is 14.9 Å². The van der Waals surface area contributed by atoms with Crippen molar-refractivity contribution in [2.45, 2.75) is 6.92 Å².